The zero-order valence-corrected chi connectivity index (χ0v) is 10.9. The van der Waals surface area contributed by atoms with Crippen molar-refractivity contribution in [3.63, 3.8) is 0 Å². The summed E-state index contributed by atoms with van der Waals surface area (Å²) in [5.41, 5.74) is -2.33. The Hall–Kier alpha value is -1.96. The number of carbonyl (C=O) groups is 3. The molecule has 0 amide bonds. The minimum atomic E-state index is -1.52. The Labute approximate surface area is 109 Å². The molecule has 0 aromatic carbocycles. The summed E-state index contributed by atoms with van der Waals surface area (Å²) in [4.78, 5) is 34.8. The van der Waals surface area contributed by atoms with Gasteiger partial charge in [-0.05, 0) is 20.8 Å². The monoisotopic (exact) mass is 272 g/mol. The molecule has 8 heteroatoms. The Kier molecular flexibility index (Phi) is 4.25. The van der Waals surface area contributed by atoms with Crippen molar-refractivity contribution in [2.75, 3.05) is 13.1 Å². The van der Waals surface area contributed by atoms with Gasteiger partial charge in [-0.1, -0.05) is 5.16 Å². The van der Waals surface area contributed by atoms with Crippen LogP contribution < -0.4 is 5.32 Å². The molecular formula is C11H16N2O6. The van der Waals surface area contributed by atoms with E-state index in [-0.39, 0.29) is 13.1 Å². The molecule has 0 atom stereocenters. The van der Waals surface area contributed by atoms with Crippen LogP contribution in [-0.2, 0) is 19.1 Å². The highest BCUT2D eigenvalue weighted by molar-refractivity contribution is 6.35. The fraction of sp³-hybridized carbons (Fsp3) is 0.636. The minimum Gasteiger partial charge on any atom is -0.428 e. The fourth-order valence-electron chi connectivity index (χ4n) is 1.41. The van der Waals surface area contributed by atoms with E-state index in [1.807, 2.05) is 0 Å². The van der Waals surface area contributed by atoms with Crippen molar-refractivity contribution in [3.8, 4) is 0 Å². The second-order valence-corrected chi connectivity index (χ2v) is 5.15. The summed E-state index contributed by atoms with van der Waals surface area (Å²) in [5, 5.41) is 13.6. The van der Waals surface area contributed by atoms with Crippen molar-refractivity contribution in [2.24, 2.45) is 10.6 Å². The molecule has 1 fully saturated rings. The third-order valence-electron chi connectivity index (χ3n) is 2.46. The lowest BCUT2D eigenvalue weighted by atomic mass is 9.78. The van der Waals surface area contributed by atoms with E-state index in [1.165, 1.54) is 0 Å². The summed E-state index contributed by atoms with van der Waals surface area (Å²) >= 11 is 0. The number of nitrogens with zero attached hydrogens (tertiary/aromatic N) is 1. The molecule has 0 saturated carbocycles. The molecule has 0 aromatic rings. The van der Waals surface area contributed by atoms with E-state index in [4.69, 9.17) is 9.94 Å². The maximum Gasteiger partial charge on any atom is 0.516 e. The average molecular weight is 272 g/mol. The number of Topliss-reactive ketones (excluding diaryl/α,β-unsaturated/α-hetero) is 1. The molecule has 8 nitrogen and oxygen atoms in total. The van der Waals surface area contributed by atoms with Crippen LogP contribution in [0, 0.1) is 5.41 Å². The largest absolute Gasteiger partial charge is 0.516 e. The molecule has 1 aliphatic rings. The molecular weight excluding hydrogens is 256 g/mol. The van der Waals surface area contributed by atoms with Crippen LogP contribution in [0.2, 0.25) is 0 Å². The van der Waals surface area contributed by atoms with E-state index in [2.05, 4.69) is 15.2 Å². The van der Waals surface area contributed by atoms with E-state index in [1.54, 1.807) is 20.8 Å². The summed E-state index contributed by atoms with van der Waals surface area (Å²) < 4.78 is 9.31. The summed E-state index contributed by atoms with van der Waals surface area (Å²) in [5.74, 6) is -1.76. The first-order valence-corrected chi connectivity index (χ1v) is 5.59. The average Bonchev–Trinajstić information content (AvgIpc) is 2.11. The van der Waals surface area contributed by atoms with Crippen LogP contribution >= 0.6 is 0 Å². The highest BCUT2D eigenvalue weighted by Crippen LogP contribution is 2.26. The van der Waals surface area contributed by atoms with Gasteiger partial charge in [-0.3, -0.25) is 9.59 Å². The molecule has 1 rings (SSSR count). The number of carbonyl (C=O) groups excluding carboxylic acids is 3. The predicted octanol–water partition coefficient (Wildman–Crippen LogP) is 0.0834. The minimum absolute atomic E-state index is 0.0134. The van der Waals surface area contributed by atoms with Gasteiger partial charge in [-0.15, -0.1) is 0 Å². The van der Waals surface area contributed by atoms with E-state index in [0.717, 1.165) is 0 Å². The second kappa shape index (κ2) is 5.35. The molecule has 19 heavy (non-hydrogen) atoms. The molecule has 1 aliphatic heterocycles. The number of hydrogen-bond acceptors (Lipinski definition) is 8. The molecule has 0 spiro atoms. The molecule has 2 N–H and O–H groups in total. The molecule has 1 heterocycles. The van der Waals surface area contributed by atoms with Crippen LogP contribution in [0.5, 0.6) is 0 Å². The van der Waals surface area contributed by atoms with Crippen molar-refractivity contribution in [1.82, 2.24) is 5.32 Å². The predicted molar refractivity (Wildman–Crippen MR) is 62.9 cm³/mol. The molecule has 0 aromatic heterocycles. The number of esters is 1. The lowest BCUT2D eigenvalue weighted by Crippen LogP contribution is -2.63. The van der Waals surface area contributed by atoms with Crippen molar-refractivity contribution in [1.29, 1.82) is 0 Å². The summed E-state index contributed by atoms with van der Waals surface area (Å²) in [6, 6.07) is 0. The van der Waals surface area contributed by atoms with Crippen LogP contribution in [-0.4, -0.2) is 48.0 Å². The van der Waals surface area contributed by atoms with Crippen LogP contribution in [0.4, 0.5) is 4.79 Å². The van der Waals surface area contributed by atoms with E-state index in [0.29, 0.717) is 6.21 Å². The van der Waals surface area contributed by atoms with Crippen LogP contribution in [0.15, 0.2) is 5.16 Å². The topological polar surface area (TPSA) is 114 Å². The van der Waals surface area contributed by atoms with Gasteiger partial charge in [0.25, 0.3) is 0 Å². The third-order valence-corrected chi connectivity index (χ3v) is 2.46. The molecule has 0 unspecified atom stereocenters. The fourth-order valence-corrected chi connectivity index (χ4v) is 1.41. The van der Waals surface area contributed by atoms with Crippen LogP contribution in [0.25, 0.3) is 0 Å². The Morgan fingerprint density at radius 2 is 1.89 bits per heavy atom. The van der Waals surface area contributed by atoms with Gasteiger partial charge in [0.2, 0.25) is 0 Å². The van der Waals surface area contributed by atoms with Crippen molar-refractivity contribution >= 4 is 24.1 Å². The number of hydrogen-bond donors (Lipinski definition) is 2. The van der Waals surface area contributed by atoms with Gasteiger partial charge >= 0.3 is 12.1 Å². The Balaban J connectivity index is 2.71. The van der Waals surface area contributed by atoms with E-state index < -0.39 is 28.9 Å². The normalized spacial score (nSPS) is 17.6. The zero-order chi connectivity index (χ0) is 14.7. The number of rotatable bonds is 3. The molecule has 0 radical (unpaired) electrons. The standard InChI is InChI=1S/C11H16N2O6/c1-10(2,3)19-9(16)18-8(15)11(5-12-6-11)7(14)4-13-17/h4,12,17H,5-6H2,1-3H3. The quantitative estimate of drug-likeness (QED) is 0.246. The Morgan fingerprint density at radius 1 is 1.32 bits per heavy atom. The Bertz CT molecular complexity index is 419. The molecule has 0 bridgehead atoms. The maximum absolute atomic E-state index is 11.8. The lowest BCUT2D eigenvalue weighted by Gasteiger charge is -2.36. The molecule has 0 aliphatic carbocycles. The van der Waals surface area contributed by atoms with Gasteiger partial charge in [0, 0.05) is 13.1 Å². The van der Waals surface area contributed by atoms with Crippen molar-refractivity contribution < 1.29 is 29.1 Å². The first-order chi connectivity index (χ1) is 8.71. The SMILES string of the molecule is CC(C)(C)OC(=O)OC(=O)C1(C(=O)C=NO)CNC1. The first kappa shape index (κ1) is 15.1. The summed E-state index contributed by atoms with van der Waals surface area (Å²) in [6.07, 6.45) is -0.561. The zero-order valence-electron chi connectivity index (χ0n) is 10.9. The number of ether oxygens (including phenoxy) is 2. The summed E-state index contributed by atoms with van der Waals surface area (Å²) in [6.45, 7) is 4.87. The smallest absolute Gasteiger partial charge is 0.428 e. The third kappa shape index (κ3) is 3.50. The maximum atomic E-state index is 11.8. The molecule has 1 saturated heterocycles. The van der Waals surface area contributed by atoms with Gasteiger partial charge in [0.05, 0.1) is 0 Å². The number of ketones is 1. The van der Waals surface area contributed by atoms with Gasteiger partial charge in [0.1, 0.15) is 11.8 Å². The van der Waals surface area contributed by atoms with Gasteiger partial charge < -0.3 is 20.0 Å². The van der Waals surface area contributed by atoms with E-state index in [9.17, 15) is 14.4 Å². The van der Waals surface area contributed by atoms with E-state index >= 15 is 0 Å². The lowest BCUT2D eigenvalue weighted by molar-refractivity contribution is -0.159. The van der Waals surface area contributed by atoms with Crippen LogP contribution in [0.1, 0.15) is 20.8 Å². The highest BCUT2D eigenvalue weighted by atomic mass is 16.7. The van der Waals surface area contributed by atoms with Gasteiger partial charge in [0.15, 0.2) is 11.2 Å². The highest BCUT2D eigenvalue weighted by Gasteiger charge is 2.52. The van der Waals surface area contributed by atoms with Crippen molar-refractivity contribution in [2.45, 2.75) is 26.4 Å². The summed E-state index contributed by atoms with van der Waals surface area (Å²) in [7, 11) is 0. The van der Waals surface area contributed by atoms with Crippen LogP contribution in [0.3, 0.4) is 0 Å². The van der Waals surface area contributed by atoms with Gasteiger partial charge in [-0.2, -0.15) is 0 Å². The second-order valence-electron chi connectivity index (χ2n) is 5.15. The van der Waals surface area contributed by atoms with Gasteiger partial charge in [-0.25, -0.2) is 4.79 Å². The van der Waals surface area contributed by atoms with Crippen molar-refractivity contribution in [3.05, 3.63) is 0 Å². The molecule has 106 valence electrons. The number of nitrogens with one attached hydrogen (secondary N) is 1. The Morgan fingerprint density at radius 3 is 2.26 bits per heavy atom. The first-order valence-electron chi connectivity index (χ1n) is 5.59. The number of oxime groups is 1.